The first kappa shape index (κ1) is 12.1. The molecule has 1 nitrogen and oxygen atoms in total. The molecular weight excluding hydrogens is 254 g/mol. The smallest absolute Gasteiger partial charge is 0.0472 e. The standard InChI is InChI=1S/C17H14ClN/c1-2-14(12-6-4-3-5-7-12)16-11-19-17-10-13(18)8-9-15(16)17/h2-11,14,19H,1H2/t14-/m0/s1. The van der Waals surface area contributed by atoms with Gasteiger partial charge in [-0.3, -0.25) is 0 Å². The highest BCUT2D eigenvalue weighted by molar-refractivity contribution is 6.31. The minimum Gasteiger partial charge on any atom is -0.361 e. The third-order valence-electron chi connectivity index (χ3n) is 3.41. The van der Waals surface area contributed by atoms with Crippen LogP contribution in [0.1, 0.15) is 17.0 Å². The van der Waals surface area contributed by atoms with Crippen LogP contribution in [0.3, 0.4) is 0 Å². The predicted octanol–water partition coefficient (Wildman–Crippen LogP) is 5.14. The summed E-state index contributed by atoms with van der Waals surface area (Å²) >= 11 is 6.02. The van der Waals surface area contributed by atoms with Crippen LogP contribution in [-0.2, 0) is 0 Å². The fourth-order valence-electron chi connectivity index (χ4n) is 2.48. The molecule has 94 valence electrons. The Bertz CT molecular complexity index is 712. The van der Waals surface area contributed by atoms with E-state index in [0.717, 1.165) is 10.5 Å². The minimum absolute atomic E-state index is 0.191. The number of hydrogen-bond acceptors (Lipinski definition) is 0. The van der Waals surface area contributed by atoms with Crippen LogP contribution in [-0.4, -0.2) is 4.98 Å². The van der Waals surface area contributed by atoms with E-state index in [1.54, 1.807) is 0 Å². The second-order valence-electron chi connectivity index (χ2n) is 4.56. The van der Waals surface area contributed by atoms with Crippen molar-refractivity contribution in [3.63, 3.8) is 0 Å². The van der Waals surface area contributed by atoms with Crippen LogP contribution in [0.15, 0.2) is 67.4 Å². The van der Waals surface area contributed by atoms with E-state index in [4.69, 9.17) is 11.6 Å². The molecule has 0 saturated carbocycles. The van der Waals surface area contributed by atoms with Gasteiger partial charge in [-0.15, -0.1) is 6.58 Å². The molecule has 0 fully saturated rings. The van der Waals surface area contributed by atoms with Gasteiger partial charge < -0.3 is 4.98 Å². The Labute approximate surface area is 117 Å². The summed E-state index contributed by atoms with van der Waals surface area (Å²) in [6, 6.07) is 16.3. The van der Waals surface area contributed by atoms with Gasteiger partial charge in [0.05, 0.1) is 0 Å². The van der Waals surface area contributed by atoms with E-state index in [9.17, 15) is 0 Å². The van der Waals surface area contributed by atoms with Gasteiger partial charge in [-0.1, -0.05) is 54.1 Å². The van der Waals surface area contributed by atoms with E-state index in [2.05, 4.69) is 41.9 Å². The molecule has 0 aliphatic rings. The largest absolute Gasteiger partial charge is 0.361 e. The van der Waals surface area contributed by atoms with Crippen molar-refractivity contribution in [1.82, 2.24) is 4.98 Å². The van der Waals surface area contributed by atoms with Crippen LogP contribution in [0, 0.1) is 0 Å². The molecule has 2 aromatic carbocycles. The van der Waals surface area contributed by atoms with Crippen molar-refractivity contribution in [2.45, 2.75) is 5.92 Å². The Morgan fingerprint density at radius 2 is 1.89 bits per heavy atom. The summed E-state index contributed by atoms with van der Waals surface area (Å²) in [4.78, 5) is 3.28. The number of fused-ring (bicyclic) bond motifs is 1. The maximum atomic E-state index is 6.02. The number of hydrogen-bond donors (Lipinski definition) is 1. The normalized spacial score (nSPS) is 12.5. The lowest BCUT2D eigenvalue weighted by Crippen LogP contribution is -1.95. The summed E-state index contributed by atoms with van der Waals surface area (Å²) in [6.07, 6.45) is 4.02. The third kappa shape index (κ3) is 2.18. The second-order valence-corrected chi connectivity index (χ2v) is 4.99. The molecule has 0 aliphatic heterocycles. The molecule has 0 aliphatic carbocycles. The fourth-order valence-corrected chi connectivity index (χ4v) is 2.65. The highest BCUT2D eigenvalue weighted by atomic mass is 35.5. The second kappa shape index (κ2) is 4.94. The zero-order valence-corrected chi connectivity index (χ0v) is 11.2. The molecule has 1 aromatic heterocycles. The average Bonchev–Trinajstić information content (AvgIpc) is 2.84. The SMILES string of the molecule is C=C[C@@H](c1ccccc1)c1c[nH]c2cc(Cl)ccc12. The van der Waals surface area contributed by atoms with E-state index < -0.39 is 0 Å². The quantitative estimate of drug-likeness (QED) is 0.633. The summed E-state index contributed by atoms with van der Waals surface area (Å²) in [7, 11) is 0. The minimum atomic E-state index is 0.191. The van der Waals surface area contributed by atoms with E-state index >= 15 is 0 Å². The first-order valence-electron chi connectivity index (χ1n) is 6.23. The number of allylic oxidation sites excluding steroid dienone is 1. The van der Waals surface area contributed by atoms with Crippen molar-refractivity contribution in [1.29, 1.82) is 0 Å². The fraction of sp³-hybridized carbons (Fsp3) is 0.0588. The number of rotatable bonds is 3. The maximum absolute atomic E-state index is 6.02. The van der Waals surface area contributed by atoms with Crippen LogP contribution in [0.4, 0.5) is 0 Å². The molecule has 0 spiro atoms. The molecule has 3 rings (SSSR count). The molecule has 0 unspecified atom stereocenters. The van der Waals surface area contributed by atoms with Crippen molar-refractivity contribution in [2.24, 2.45) is 0 Å². The van der Waals surface area contributed by atoms with Crippen molar-refractivity contribution in [3.8, 4) is 0 Å². The van der Waals surface area contributed by atoms with E-state index in [1.807, 2.05) is 30.5 Å². The molecule has 0 radical (unpaired) electrons. The molecule has 0 bridgehead atoms. The van der Waals surface area contributed by atoms with Crippen molar-refractivity contribution in [2.75, 3.05) is 0 Å². The van der Waals surface area contributed by atoms with Gasteiger partial charge in [0.2, 0.25) is 0 Å². The van der Waals surface area contributed by atoms with Crippen LogP contribution >= 0.6 is 11.6 Å². The predicted molar refractivity (Wildman–Crippen MR) is 81.8 cm³/mol. The molecule has 3 aromatic rings. The maximum Gasteiger partial charge on any atom is 0.0472 e. The van der Waals surface area contributed by atoms with Gasteiger partial charge in [0.1, 0.15) is 0 Å². The van der Waals surface area contributed by atoms with Gasteiger partial charge in [0.15, 0.2) is 0 Å². The van der Waals surface area contributed by atoms with Gasteiger partial charge in [0, 0.05) is 28.0 Å². The van der Waals surface area contributed by atoms with Gasteiger partial charge in [0.25, 0.3) is 0 Å². The summed E-state index contributed by atoms with van der Waals surface area (Å²) < 4.78 is 0. The molecular formula is C17H14ClN. The molecule has 1 atom stereocenters. The average molecular weight is 268 g/mol. The molecule has 1 heterocycles. The number of aromatic amines is 1. The monoisotopic (exact) mass is 267 g/mol. The van der Waals surface area contributed by atoms with Crippen molar-refractivity contribution in [3.05, 3.63) is 83.5 Å². The van der Waals surface area contributed by atoms with Crippen LogP contribution < -0.4 is 0 Å². The third-order valence-corrected chi connectivity index (χ3v) is 3.64. The first-order chi connectivity index (χ1) is 9.29. The molecule has 19 heavy (non-hydrogen) atoms. The Hall–Kier alpha value is -1.99. The number of benzene rings is 2. The van der Waals surface area contributed by atoms with Crippen LogP contribution in [0.5, 0.6) is 0 Å². The van der Waals surface area contributed by atoms with Crippen molar-refractivity contribution >= 4 is 22.5 Å². The Balaban J connectivity index is 2.15. The lowest BCUT2D eigenvalue weighted by Gasteiger charge is -2.12. The molecule has 0 amide bonds. The number of H-pyrrole nitrogens is 1. The zero-order chi connectivity index (χ0) is 13.2. The summed E-state index contributed by atoms with van der Waals surface area (Å²) in [5.74, 6) is 0.191. The molecule has 0 saturated heterocycles. The van der Waals surface area contributed by atoms with Gasteiger partial charge in [-0.05, 0) is 23.3 Å². The zero-order valence-electron chi connectivity index (χ0n) is 10.4. The van der Waals surface area contributed by atoms with E-state index in [0.29, 0.717) is 0 Å². The van der Waals surface area contributed by atoms with E-state index in [-0.39, 0.29) is 5.92 Å². The van der Waals surface area contributed by atoms with E-state index in [1.165, 1.54) is 16.5 Å². The first-order valence-corrected chi connectivity index (χ1v) is 6.61. The Morgan fingerprint density at radius 1 is 1.11 bits per heavy atom. The van der Waals surface area contributed by atoms with Gasteiger partial charge in [-0.25, -0.2) is 0 Å². The molecule has 1 N–H and O–H groups in total. The highest BCUT2D eigenvalue weighted by Gasteiger charge is 2.14. The Kier molecular flexibility index (Phi) is 3.14. The Morgan fingerprint density at radius 3 is 2.63 bits per heavy atom. The topological polar surface area (TPSA) is 15.8 Å². The summed E-state index contributed by atoms with van der Waals surface area (Å²) in [6.45, 7) is 3.98. The van der Waals surface area contributed by atoms with Gasteiger partial charge >= 0.3 is 0 Å². The summed E-state index contributed by atoms with van der Waals surface area (Å²) in [5, 5.41) is 1.94. The summed E-state index contributed by atoms with van der Waals surface area (Å²) in [5.41, 5.74) is 3.53. The number of nitrogens with one attached hydrogen (secondary N) is 1. The lowest BCUT2D eigenvalue weighted by atomic mass is 9.91. The van der Waals surface area contributed by atoms with Gasteiger partial charge in [-0.2, -0.15) is 0 Å². The highest BCUT2D eigenvalue weighted by Crippen LogP contribution is 2.32. The van der Waals surface area contributed by atoms with Crippen LogP contribution in [0.25, 0.3) is 10.9 Å². The number of aromatic nitrogens is 1. The van der Waals surface area contributed by atoms with Crippen molar-refractivity contribution < 1.29 is 0 Å². The lowest BCUT2D eigenvalue weighted by molar-refractivity contribution is 1.04. The van der Waals surface area contributed by atoms with Crippen LogP contribution in [0.2, 0.25) is 5.02 Å². The number of halogens is 1. The molecule has 2 heteroatoms.